The van der Waals surface area contributed by atoms with Gasteiger partial charge < -0.3 is 14.6 Å². The van der Waals surface area contributed by atoms with E-state index >= 15 is 0 Å². The van der Waals surface area contributed by atoms with E-state index in [0.717, 1.165) is 15.6 Å². The fourth-order valence-corrected chi connectivity index (χ4v) is 4.40. The summed E-state index contributed by atoms with van der Waals surface area (Å²) in [6.45, 7) is 1.52. The van der Waals surface area contributed by atoms with Gasteiger partial charge in [0.05, 0.1) is 13.7 Å². The third-order valence-electron chi connectivity index (χ3n) is 3.76. The minimum Gasteiger partial charge on any atom is -0.497 e. The maximum absolute atomic E-state index is 12.7. The third kappa shape index (κ3) is 4.75. The molecule has 0 aliphatic heterocycles. The number of amides is 1. The van der Waals surface area contributed by atoms with Gasteiger partial charge in [0, 0.05) is 19.0 Å². The number of nitrogens with zero attached hydrogens (tertiary/aromatic N) is 5. The molecule has 0 unspecified atom stereocenters. The SMILES string of the molecule is CCC(=O)Nc1nnc(S(=O)(=O)N(C)Cc2nc(-c3cccc(OC)c3)no2)s1. The molecule has 0 radical (unpaired) electrons. The highest BCUT2D eigenvalue weighted by atomic mass is 32.2. The molecule has 0 aliphatic rings. The molecule has 3 aromatic rings. The number of anilines is 1. The number of rotatable bonds is 8. The summed E-state index contributed by atoms with van der Waals surface area (Å²) in [4.78, 5) is 15.6. The van der Waals surface area contributed by atoms with Gasteiger partial charge in [-0.2, -0.15) is 9.29 Å². The lowest BCUT2D eigenvalue weighted by Crippen LogP contribution is -2.26. The number of ether oxygens (including phenoxy) is 1. The highest BCUT2D eigenvalue weighted by Gasteiger charge is 2.27. The number of carbonyl (C=O) groups is 1. The van der Waals surface area contributed by atoms with Crippen LogP contribution in [0, 0.1) is 0 Å². The number of hydrogen-bond donors (Lipinski definition) is 1. The summed E-state index contributed by atoms with van der Waals surface area (Å²) in [6.07, 6.45) is 0.244. The second kappa shape index (κ2) is 8.63. The number of hydrogen-bond acceptors (Lipinski definition) is 10. The fraction of sp³-hybridized carbons (Fsp3) is 0.312. The quantitative estimate of drug-likeness (QED) is 0.521. The Kier molecular flexibility index (Phi) is 6.20. The van der Waals surface area contributed by atoms with E-state index < -0.39 is 10.0 Å². The van der Waals surface area contributed by atoms with Gasteiger partial charge in [-0.25, -0.2) is 8.42 Å². The molecule has 0 saturated heterocycles. The van der Waals surface area contributed by atoms with Gasteiger partial charge in [-0.1, -0.05) is 35.5 Å². The van der Waals surface area contributed by atoms with Crippen LogP contribution in [0.25, 0.3) is 11.4 Å². The average Bonchev–Trinajstić information content (AvgIpc) is 3.38. The number of benzene rings is 1. The molecule has 0 aliphatic carbocycles. The van der Waals surface area contributed by atoms with Crippen LogP contribution in [0.4, 0.5) is 5.13 Å². The highest BCUT2D eigenvalue weighted by molar-refractivity contribution is 7.91. The van der Waals surface area contributed by atoms with E-state index in [0.29, 0.717) is 17.1 Å². The molecule has 13 heteroatoms. The molecule has 154 valence electrons. The lowest BCUT2D eigenvalue weighted by Gasteiger charge is -2.11. The van der Waals surface area contributed by atoms with Crippen molar-refractivity contribution in [2.45, 2.75) is 24.2 Å². The van der Waals surface area contributed by atoms with E-state index in [1.165, 1.54) is 7.05 Å². The molecule has 0 atom stereocenters. The summed E-state index contributed by atoms with van der Waals surface area (Å²) in [6, 6.07) is 7.09. The van der Waals surface area contributed by atoms with Gasteiger partial charge in [-0.05, 0) is 12.1 Å². The molecular weight excluding hydrogens is 420 g/mol. The van der Waals surface area contributed by atoms with Crippen LogP contribution >= 0.6 is 11.3 Å². The van der Waals surface area contributed by atoms with E-state index in [2.05, 4.69) is 25.7 Å². The average molecular weight is 438 g/mol. The van der Waals surface area contributed by atoms with Crippen molar-refractivity contribution in [2.24, 2.45) is 0 Å². The van der Waals surface area contributed by atoms with Gasteiger partial charge in [-0.15, -0.1) is 10.2 Å². The van der Waals surface area contributed by atoms with Crippen LogP contribution in [0.5, 0.6) is 5.75 Å². The summed E-state index contributed by atoms with van der Waals surface area (Å²) in [5.41, 5.74) is 0.672. The van der Waals surface area contributed by atoms with Crippen LogP contribution < -0.4 is 10.1 Å². The van der Waals surface area contributed by atoms with Crippen LogP contribution in [0.2, 0.25) is 0 Å². The number of sulfonamides is 1. The number of methoxy groups -OCH3 is 1. The van der Waals surface area contributed by atoms with Crippen molar-refractivity contribution >= 4 is 32.4 Å². The van der Waals surface area contributed by atoms with Crippen LogP contribution in [0.3, 0.4) is 0 Å². The molecule has 0 saturated carbocycles. The zero-order valence-corrected chi connectivity index (χ0v) is 17.5. The van der Waals surface area contributed by atoms with Gasteiger partial charge >= 0.3 is 0 Å². The van der Waals surface area contributed by atoms with Crippen LogP contribution in [-0.2, 0) is 21.4 Å². The first kappa shape index (κ1) is 20.8. The number of carbonyl (C=O) groups excluding carboxylic acids is 1. The number of nitrogens with one attached hydrogen (secondary N) is 1. The molecule has 0 bridgehead atoms. The minimum absolute atomic E-state index is 0.109. The Bertz CT molecular complexity index is 1110. The van der Waals surface area contributed by atoms with Crippen molar-refractivity contribution in [2.75, 3.05) is 19.5 Å². The van der Waals surface area contributed by atoms with Crippen molar-refractivity contribution in [3.8, 4) is 17.1 Å². The fourth-order valence-electron chi connectivity index (χ4n) is 2.18. The van der Waals surface area contributed by atoms with E-state index in [1.54, 1.807) is 38.3 Å². The van der Waals surface area contributed by atoms with Crippen LogP contribution in [0.1, 0.15) is 19.2 Å². The largest absolute Gasteiger partial charge is 0.497 e. The van der Waals surface area contributed by atoms with Gasteiger partial charge in [-0.3, -0.25) is 4.79 Å². The van der Waals surface area contributed by atoms with Crippen LogP contribution in [0.15, 0.2) is 33.1 Å². The standard InChI is InChI=1S/C16H18N6O5S2/c1-4-12(23)17-15-19-20-16(28-15)29(24,25)22(2)9-13-18-14(21-27-13)10-6-5-7-11(8-10)26-3/h5-8H,4,9H2,1-3H3,(H,17,19,23). The molecule has 0 spiro atoms. The highest BCUT2D eigenvalue weighted by Crippen LogP contribution is 2.25. The maximum atomic E-state index is 12.7. The molecule has 0 fully saturated rings. The second-order valence-electron chi connectivity index (χ2n) is 5.78. The molecule has 29 heavy (non-hydrogen) atoms. The minimum atomic E-state index is -3.95. The second-order valence-corrected chi connectivity index (χ2v) is 8.98. The topological polar surface area (TPSA) is 140 Å². The molecule has 3 rings (SSSR count). The van der Waals surface area contributed by atoms with Crippen molar-refractivity contribution in [3.05, 3.63) is 30.2 Å². The maximum Gasteiger partial charge on any atom is 0.272 e. The van der Waals surface area contributed by atoms with Gasteiger partial charge in [0.2, 0.25) is 27.1 Å². The smallest absolute Gasteiger partial charge is 0.272 e. The first-order valence-electron chi connectivity index (χ1n) is 8.40. The molecule has 2 heterocycles. The van der Waals surface area contributed by atoms with E-state index in [4.69, 9.17) is 9.26 Å². The lowest BCUT2D eigenvalue weighted by atomic mass is 10.2. The molecule has 1 aromatic carbocycles. The Balaban J connectivity index is 1.73. The van der Waals surface area contributed by atoms with Crippen LogP contribution in [-0.4, -0.2) is 53.1 Å². The summed E-state index contributed by atoms with van der Waals surface area (Å²) in [7, 11) is -1.04. The van der Waals surface area contributed by atoms with E-state index in [1.807, 2.05) is 0 Å². The summed E-state index contributed by atoms with van der Waals surface area (Å²) < 4.78 is 36.5. The Labute approximate surface area is 170 Å². The Morgan fingerprint density at radius 3 is 2.86 bits per heavy atom. The van der Waals surface area contributed by atoms with Gasteiger partial charge in [0.25, 0.3) is 10.0 Å². The van der Waals surface area contributed by atoms with Gasteiger partial charge in [0.15, 0.2) is 0 Å². The Morgan fingerprint density at radius 2 is 2.14 bits per heavy atom. The summed E-state index contributed by atoms with van der Waals surface area (Å²) >= 11 is 0.764. The van der Waals surface area contributed by atoms with Crippen molar-refractivity contribution in [3.63, 3.8) is 0 Å². The summed E-state index contributed by atoms with van der Waals surface area (Å²) in [5.74, 6) is 0.772. The third-order valence-corrected chi connectivity index (χ3v) is 6.75. The predicted octanol–water partition coefficient (Wildman–Crippen LogP) is 1.77. The zero-order chi connectivity index (χ0) is 21.0. The summed E-state index contributed by atoms with van der Waals surface area (Å²) in [5, 5.41) is 13.8. The molecule has 1 N–H and O–H groups in total. The molecule has 2 aromatic heterocycles. The molecular formula is C16H18N6O5S2. The van der Waals surface area contributed by atoms with Gasteiger partial charge in [0.1, 0.15) is 5.75 Å². The first-order valence-corrected chi connectivity index (χ1v) is 10.7. The zero-order valence-electron chi connectivity index (χ0n) is 15.8. The molecule has 11 nitrogen and oxygen atoms in total. The van der Waals surface area contributed by atoms with Crippen molar-refractivity contribution in [1.82, 2.24) is 24.6 Å². The monoisotopic (exact) mass is 438 g/mol. The van der Waals surface area contributed by atoms with E-state index in [9.17, 15) is 13.2 Å². The Morgan fingerprint density at radius 1 is 1.34 bits per heavy atom. The van der Waals surface area contributed by atoms with Crippen molar-refractivity contribution in [1.29, 1.82) is 0 Å². The van der Waals surface area contributed by atoms with E-state index in [-0.39, 0.29) is 34.2 Å². The Hall–Kier alpha value is -2.90. The normalized spacial score (nSPS) is 11.6. The predicted molar refractivity (Wildman–Crippen MR) is 104 cm³/mol. The number of aromatic nitrogens is 4. The van der Waals surface area contributed by atoms with Crippen molar-refractivity contribution < 1.29 is 22.5 Å². The molecule has 1 amide bonds. The first-order chi connectivity index (χ1) is 13.8. The lowest BCUT2D eigenvalue weighted by molar-refractivity contribution is -0.115.